The van der Waals surface area contributed by atoms with Crippen molar-refractivity contribution >= 4 is 17.7 Å². The molecule has 1 atom stereocenters. The Labute approximate surface area is 118 Å². The van der Waals surface area contributed by atoms with Gasteiger partial charge in [-0.1, -0.05) is 19.4 Å². The minimum absolute atomic E-state index is 0.0515. The first-order valence-corrected chi connectivity index (χ1v) is 6.45. The molecule has 6 nitrogen and oxygen atoms in total. The lowest BCUT2D eigenvalue weighted by Crippen LogP contribution is -2.33. The number of methoxy groups -OCH3 is 1. The number of carbonyl (C=O) groups is 2. The lowest BCUT2D eigenvalue weighted by atomic mass is 10.0. The molecule has 0 heterocycles. The van der Waals surface area contributed by atoms with E-state index < -0.39 is 5.97 Å². The van der Waals surface area contributed by atoms with Gasteiger partial charge in [0.05, 0.1) is 7.11 Å². The fraction of sp³-hybridized carbons (Fsp3) is 0.429. The number of benzene rings is 1. The summed E-state index contributed by atoms with van der Waals surface area (Å²) in [6.07, 6.45) is 0.752. The monoisotopic (exact) mass is 280 g/mol. The van der Waals surface area contributed by atoms with Gasteiger partial charge in [-0.3, -0.25) is 4.79 Å². The number of nitrogens with one attached hydrogen (secondary N) is 2. The van der Waals surface area contributed by atoms with Gasteiger partial charge in [0.2, 0.25) is 0 Å². The van der Waals surface area contributed by atoms with Crippen LogP contribution in [0.15, 0.2) is 24.3 Å². The summed E-state index contributed by atoms with van der Waals surface area (Å²) in [7, 11) is 1.55. The topological polar surface area (TPSA) is 87.7 Å². The first-order valence-electron chi connectivity index (χ1n) is 6.45. The third-order valence-corrected chi connectivity index (χ3v) is 2.92. The van der Waals surface area contributed by atoms with Gasteiger partial charge in [0, 0.05) is 24.7 Å². The lowest BCUT2D eigenvalue weighted by Gasteiger charge is -2.14. The van der Waals surface area contributed by atoms with Crippen molar-refractivity contribution in [1.29, 1.82) is 0 Å². The number of hydrogen-bond acceptors (Lipinski definition) is 3. The number of carboxylic acid groups (broad SMARTS) is 1. The minimum Gasteiger partial charge on any atom is -0.497 e. The van der Waals surface area contributed by atoms with Crippen molar-refractivity contribution in [2.75, 3.05) is 19.0 Å². The number of ether oxygens (including phenoxy) is 1. The smallest absolute Gasteiger partial charge is 0.319 e. The lowest BCUT2D eigenvalue weighted by molar-refractivity contribution is -0.138. The van der Waals surface area contributed by atoms with Crippen LogP contribution in [-0.4, -0.2) is 30.8 Å². The third-order valence-electron chi connectivity index (χ3n) is 2.92. The van der Waals surface area contributed by atoms with Gasteiger partial charge in [0.15, 0.2) is 0 Å². The summed E-state index contributed by atoms with van der Waals surface area (Å²) in [5.74, 6) is -0.268. The zero-order valence-electron chi connectivity index (χ0n) is 11.7. The molecule has 6 heteroatoms. The standard InChI is InChI=1S/C14H20N2O4/c1-3-10(7-13(17)18)9-15-14(19)16-11-5-4-6-12(8-11)20-2/h4-6,8,10H,3,7,9H2,1-2H3,(H,17,18)(H2,15,16,19). The summed E-state index contributed by atoms with van der Waals surface area (Å²) in [6, 6.07) is 6.64. The molecule has 0 aromatic heterocycles. The quantitative estimate of drug-likeness (QED) is 0.715. The first-order chi connectivity index (χ1) is 9.55. The fourth-order valence-corrected chi connectivity index (χ4v) is 1.72. The largest absolute Gasteiger partial charge is 0.497 e. The molecule has 0 aliphatic rings. The van der Waals surface area contributed by atoms with Gasteiger partial charge in [-0.05, 0) is 18.1 Å². The molecular weight excluding hydrogens is 260 g/mol. The Bertz CT molecular complexity index is 462. The van der Waals surface area contributed by atoms with E-state index in [2.05, 4.69) is 10.6 Å². The van der Waals surface area contributed by atoms with E-state index in [9.17, 15) is 9.59 Å². The van der Waals surface area contributed by atoms with E-state index in [1.54, 1.807) is 31.4 Å². The molecule has 1 aromatic carbocycles. The summed E-state index contributed by atoms with van der Waals surface area (Å²) in [6.45, 7) is 2.23. The molecular formula is C14H20N2O4. The van der Waals surface area contributed by atoms with Crippen molar-refractivity contribution in [2.45, 2.75) is 19.8 Å². The highest BCUT2D eigenvalue weighted by atomic mass is 16.5. The summed E-state index contributed by atoms with van der Waals surface area (Å²) < 4.78 is 5.06. The molecule has 0 aliphatic carbocycles. The Morgan fingerprint density at radius 1 is 1.40 bits per heavy atom. The van der Waals surface area contributed by atoms with Crippen LogP contribution in [0.25, 0.3) is 0 Å². The van der Waals surface area contributed by atoms with Crippen LogP contribution < -0.4 is 15.4 Å². The van der Waals surface area contributed by atoms with Crippen molar-refractivity contribution in [1.82, 2.24) is 5.32 Å². The summed E-state index contributed by atoms with van der Waals surface area (Å²) >= 11 is 0. The molecule has 0 saturated carbocycles. The van der Waals surface area contributed by atoms with Crippen LogP contribution in [0.4, 0.5) is 10.5 Å². The molecule has 0 bridgehead atoms. The average molecular weight is 280 g/mol. The highest BCUT2D eigenvalue weighted by molar-refractivity contribution is 5.89. The molecule has 1 aromatic rings. The molecule has 3 N–H and O–H groups in total. The van der Waals surface area contributed by atoms with Crippen LogP contribution in [0.5, 0.6) is 5.75 Å². The molecule has 0 spiro atoms. The number of aliphatic carboxylic acids is 1. The number of rotatable bonds is 7. The normalized spacial score (nSPS) is 11.5. The molecule has 0 radical (unpaired) electrons. The highest BCUT2D eigenvalue weighted by Crippen LogP contribution is 2.16. The maximum atomic E-state index is 11.7. The summed E-state index contributed by atoms with van der Waals surface area (Å²) in [4.78, 5) is 22.3. The molecule has 0 saturated heterocycles. The molecule has 20 heavy (non-hydrogen) atoms. The van der Waals surface area contributed by atoms with Gasteiger partial charge < -0.3 is 20.5 Å². The van der Waals surface area contributed by atoms with E-state index in [4.69, 9.17) is 9.84 Å². The zero-order chi connectivity index (χ0) is 15.0. The van der Waals surface area contributed by atoms with Crippen LogP contribution in [0.1, 0.15) is 19.8 Å². The van der Waals surface area contributed by atoms with Crippen molar-refractivity contribution in [3.63, 3.8) is 0 Å². The fourth-order valence-electron chi connectivity index (χ4n) is 1.72. The first kappa shape index (κ1) is 15.8. The van der Waals surface area contributed by atoms with Crippen molar-refractivity contribution < 1.29 is 19.4 Å². The van der Waals surface area contributed by atoms with Crippen molar-refractivity contribution in [2.24, 2.45) is 5.92 Å². The van der Waals surface area contributed by atoms with E-state index >= 15 is 0 Å². The molecule has 2 amide bonds. The molecule has 1 unspecified atom stereocenters. The van der Waals surface area contributed by atoms with Gasteiger partial charge in [0.25, 0.3) is 0 Å². The van der Waals surface area contributed by atoms with Gasteiger partial charge in [-0.2, -0.15) is 0 Å². The maximum absolute atomic E-state index is 11.7. The molecule has 0 aliphatic heterocycles. The van der Waals surface area contributed by atoms with Crippen LogP contribution in [0.2, 0.25) is 0 Å². The number of hydrogen-bond donors (Lipinski definition) is 3. The average Bonchev–Trinajstić information content (AvgIpc) is 2.43. The Morgan fingerprint density at radius 3 is 2.75 bits per heavy atom. The highest BCUT2D eigenvalue weighted by Gasteiger charge is 2.12. The van der Waals surface area contributed by atoms with Gasteiger partial charge in [-0.15, -0.1) is 0 Å². The number of carboxylic acids is 1. The second-order valence-corrected chi connectivity index (χ2v) is 4.44. The van der Waals surface area contributed by atoms with E-state index in [-0.39, 0.29) is 18.4 Å². The SMILES string of the molecule is CCC(CNC(=O)Nc1cccc(OC)c1)CC(=O)O. The Balaban J connectivity index is 2.44. The van der Waals surface area contributed by atoms with Crippen LogP contribution in [-0.2, 0) is 4.79 Å². The van der Waals surface area contributed by atoms with Crippen LogP contribution >= 0.6 is 0 Å². The second kappa shape index (κ2) is 8.04. The van der Waals surface area contributed by atoms with Gasteiger partial charge >= 0.3 is 12.0 Å². The van der Waals surface area contributed by atoms with Crippen LogP contribution in [0.3, 0.4) is 0 Å². The van der Waals surface area contributed by atoms with E-state index in [0.717, 1.165) is 0 Å². The van der Waals surface area contributed by atoms with Crippen molar-refractivity contribution in [3.05, 3.63) is 24.3 Å². The zero-order valence-corrected chi connectivity index (χ0v) is 11.7. The van der Waals surface area contributed by atoms with E-state index in [1.165, 1.54) is 0 Å². The number of amides is 2. The summed E-state index contributed by atoms with van der Waals surface area (Å²) in [5.41, 5.74) is 0.619. The molecule has 0 fully saturated rings. The third kappa shape index (κ3) is 5.60. The summed E-state index contributed by atoms with van der Waals surface area (Å²) in [5, 5.41) is 14.1. The second-order valence-electron chi connectivity index (χ2n) is 4.44. The van der Waals surface area contributed by atoms with E-state index in [1.807, 2.05) is 6.92 Å². The van der Waals surface area contributed by atoms with Crippen molar-refractivity contribution in [3.8, 4) is 5.75 Å². The molecule has 110 valence electrons. The number of urea groups is 1. The predicted octanol–water partition coefficient (Wildman–Crippen LogP) is 2.32. The van der Waals surface area contributed by atoms with E-state index in [0.29, 0.717) is 24.4 Å². The molecule has 1 rings (SSSR count). The number of anilines is 1. The Kier molecular flexibility index (Phi) is 6.36. The Morgan fingerprint density at radius 2 is 2.15 bits per heavy atom. The minimum atomic E-state index is -0.855. The van der Waals surface area contributed by atoms with Gasteiger partial charge in [-0.25, -0.2) is 4.79 Å². The predicted molar refractivity (Wildman–Crippen MR) is 76.0 cm³/mol. The van der Waals surface area contributed by atoms with Crippen LogP contribution in [0, 0.1) is 5.92 Å². The number of carbonyl (C=O) groups excluding carboxylic acids is 1. The Hall–Kier alpha value is -2.24. The maximum Gasteiger partial charge on any atom is 0.319 e. The van der Waals surface area contributed by atoms with Gasteiger partial charge in [0.1, 0.15) is 5.75 Å².